The van der Waals surface area contributed by atoms with Crippen LogP contribution in [-0.4, -0.2) is 61.7 Å². The van der Waals surface area contributed by atoms with Crippen molar-refractivity contribution >= 4 is 11.4 Å². The first-order chi connectivity index (χ1) is 15.7. The molecule has 32 heavy (non-hydrogen) atoms. The van der Waals surface area contributed by atoms with Crippen molar-refractivity contribution in [1.82, 2.24) is 4.90 Å². The number of methoxy groups -OCH3 is 1. The number of hydrogen-bond acceptors (Lipinski definition) is 7. The van der Waals surface area contributed by atoms with Gasteiger partial charge in [-0.25, -0.2) is 0 Å². The third-order valence-electron chi connectivity index (χ3n) is 5.16. The van der Waals surface area contributed by atoms with Crippen LogP contribution in [0.4, 0.5) is 11.4 Å². The summed E-state index contributed by atoms with van der Waals surface area (Å²) in [6.07, 6.45) is 6.90. The minimum Gasteiger partial charge on any atom is -0.497 e. The molecule has 0 saturated heterocycles. The lowest BCUT2D eigenvalue weighted by Crippen LogP contribution is -2.30. The predicted octanol–water partition coefficient (Wildman–Crippen LogP) is 5.12. The van der Waals surface area contributed by atoms with E-state index >= 15 is 0 Å². The zero-order chi connectivity index (χ0) is 22.9. The molecule has 2 rings (SSSR count). The highest BCUT2D eigenvalue weighted by Gasteiger charge is 2.03. The van der Waals surface area contributed by atoms with Gasteiger partial charge in [0.05, 0.1) is 38.3 Å². The molecule has 2 aromatic carbocycles. The van der Waals surface area contributed by atoms with Crippen LogP contribution < -0.4 is 9.47 Å². The maximum atomic E-state index is 9.02. The van der Waals surface area contributed by atoms with Crippen LogP contribution in [-0.2, 0) is 0 Å². The van der Waals surface area contributed by atoms with Crippen LogP contribution >= 0.6 is 0 Å². The van der Waals surface area contributed by atoms with Gasteiger partial charge in [-0.05, 0) is 67.9 Å². The third kappa shape index (κ3) is 10.7. The monoisotopic (exact) mass is 443 g/mol. The van der Waals surface area contributed by atoms with E-state index in [4.69, 9.17) is 19.7 Å². The Labute approximate surface area is 191 Å². The average molecular weight is 444 g/mol. The molecule has 0 spiro atoms. The minimum atomic E-state index is 0.149. The Bertz CT molecular complexity index is 745. The average Bonchev–Trinajstić information content (AvgIpc) is 2.83. The lowest BCUT2D eigenvalue weighted by molar-refractivity contribution is 0.159. The van der Waals surface area contributed by atoms with E-state index < -0.39 is 0 Å². The second-order valence-electron chi connectivity index (χ2n) is 7.65. The van der Waals surface area contributed by atoms with Gasteiger partial charge >= 0.3 is 0 Å². The fourth-order valence-corrected chi connectivity index (χ4v) is 3.33. The Morgan fingerprint density at radius 3 is 1.69 bits per heavy atom. The van der Waals surface area contributed by atoms with E-state index in [0.29, 0.717) is 19.7 Å². The first-order valence-electron chi connectivity index (χ1n) is 11.5. The highest BCUT2D eigenvalue weighted by molar-refractivity contribution is 5.44. The standard InChI is InChI=1S/C25H37N3O4/c1-31-24-12-8-22(9-13-24)26-27-23-10-14-25(15-11-23)32-21-7-5-3-2-4-6-16-28(17-19-29)18-20-30/h8-15,29-30H,2-7,16-21H2,1H3. The first kappa shape index (κ1) is 25.8. The number of azo groups is 1. The van der Waals surface area contributed by atoms with E-state index in [-0.39, 0.29) is 13.2 Å². The van der Waals surface area contributed by atoms with Gasteiger partial charge in [-0.3, -0.25) is 4.90 Å². The van der Waals surface area contributed by atoms with Gasteiger partial charge < -0.3 is 19.7 Å². The van der Waals surface area contributed by atoms with Crippen LogP contribution in [0, 0.1) is 0 Å². The van der Waals surface area contributed by atoms with Gasteiger partial charge in [0, 0.05) is 13.1 Å². The van der Waals surface area contributed by atoms with Gasteiger partial charge in [0.1, 0.15) is 11.5 Å². The Hall–Kier alpha value is -2.48. The molecular formula is C25H37N3O4. The number of aliphatic hydroxyl groups is 2. The number of aliphatic hydroxyl groups excluding tert-OH is 2. The molecule has 2 N–H and O–H groups in total. The smallest absolute Gasteiger partial charge is 0.119 e. The van der Waals surface area contributed by atoms with E-state index in [0.717, 1.165) is 48.7 Å². The van der Waals surface area contributed by atoms with Crippen molar-refractivity contribution in [2.75, 3.05) is 46.6 Å². The van der Waals surface area contributed by atoms with Crippen molar-refractivity contribution in [2.24, 2.45) is 10.2 Å². The molecule has 0 saturated carbocycles. The number of hydrogen-bond donors (Lipinski definition) is 2. The summed E-state index contributed by atoms with van der Waals surface area (Å²) in [5, 5.41) is 26.5. The molecule has 0 atom stereocenters. The molecule has 7 heteroatoms. The van der Waals surface area contributed by atoms with Crippen LogP contribution in [0.25, 0.3) is 0 Å². The number of nitrogens with zero attached hydrogens (tertiary/aromatic N) is 3. The second kappa shape index (κ2) is 16.2. The van der Waals surface area contributed by atoms with Gasteiger partial charge in [-0.15, -0.1) is 0 Å². The predicted molar refractivity (Wildman–Crippen MR) is 127 cm³/mol. The lowest BCUT2D eigenvalue weighted by Gasteiger charge is -2.19. The summed E-state index contributed by atoms with van der Waals surface area (Å²) in [6.45, 7) is 3.25. The van der Waals surface area contributed by atoms with Gasteiger partial charge in [-0.1, -0.05) is 25.7 Å². The van der Waals surface area contributed by atoms with Crippen LogP contribution in [0.5, 0.6) is 11.5 Å². The maximum absolute atomic E-state index is 9.02. The van der Waals surface area contributed by atoms with Crippen LogP contribution in [0.1, 0.15) is 38.5 Å². The molecule has 0 amide bonds. The first-order valence-corrected chi connectivity index (χ1v) is 11.5. The largest absolute Gasteiger partial charge is 0.497 e. The molecule has 0 unspecified atom stereocenters. The van der Waals surface area contributed by atoms with E-state index in [9.17, 15) is 0 Å². The van der Waals surface area contributed by atoms with Gasteiger partial charge in [-0.2, -0.15) is 10.2 Å². The molecule has 176 valence electrons. The molecule has 0 aliphatic rings. The normalized spacial score (nSPS) is 11.4. The Kier molecular flexibility index (Phi) is 13.0. The topological polar surface area (TPSA) is 86.9 Å². The fraction of sp³-hybridized carbons (Fsp3) is 0.520. The number of benzene rings is 2. The Morgan fingerprint density at radius 2 is 1.16 bits per heavy atom. The van der Waals surface area contributed by atoms with Crippen molar-refractivity contribution in [3.05, 3.63) is 48.5 Å². The highest BCUT2D eigenvalue weighted by atomic mass is 16.5. The molecule has 0 aliphatic carbocycles. The summed E-state index contributed by atoms with van der Waals surface area (Å²) >= 11 is 0. The molecule has 7 nitrogen and oxygen atoms in total. The minimum absolute atomic E-state index is 0.149. The Balaban J connectivity index is 1.54. The van der Waals surface area contributed by atoms with Crippen LogP contribution in [0.3, 0.4) is 0 Å². The quantitative estimate of drug-likeness (QED) is 0.262. The van der Waals surface area contributed by atoms with Crippen molar-refractivity contribution in [1.29, 1.82) is 0 Å². The van der Waals surface area contributed by atoms with Crippen molar-refractivity contribution in [2.45, 2.75) is 38.5 Å². The zero-order valence-corrected chi connectivity index (χ0v) is 19.2. The zero-order valence-electron chi connectivity index (χ0n) is 19.2. The molecule has 0 radical (unpaired) electrons. The van der Waals surface area contributed by atoms with Gasteiger partial charge in [0.25, 0.3) is 0 Å². The van der Waals surface area contributed by atoms with Crippen LogP contribution in [0.15, 0.2) is 58.8 Å². The molecule has 0 aliphatic heterocycles. The van der Waals surface area contributed by atoms with E-state index in [1.54, 1.807) is 7.11 Å². The van der Waals surface area contributed by atoms with E-state index in [1.165, 1.54) is 19.3 Å². The molecule has 0 heterocycles. The van der Waals surface area contributed by atoms with Crippen molar-refractivity contribution in [3.8, 4) is 11.5 Å². The summed E-state index contributed by atoms with van der Waals surface area (Å²) in [5.74, 6) is 1.64. The second-order valence-corrected chi connectivity index (χ2v) is 7.65. The van der Waals surface area contributed by atoms with Gasteiger partial charge in [0.2, 0.25) is 0 Å². The highest BCUT2D eigenvalue weighted by Crippen LogP contribution is 2.23. The number of unbranched alkanes of at least 4 members (excludes halogenated alkanes) is 5. The van der Waals surface area contributed by atoms with E-state index in [1.807, 2.05) is 48.5 Å². The number of rotatable bonds is 17. The summed E-state index contributed by atoms with van der Waals surface area (Å²) in [6, 6.07) is 15.1. The molecule has 0 bridgehead atoms. The molecule has 0 fully saturated rings. The van der Waals surface area contributed by atoms with Crippen molar-refractivity contribution in [3.63, 3.8) is 0 Å². The molecule has 2 aromatic rings. The molecule has 0 aromatic heterocycles. The van der Waals surface area contributed by atoms with Crippen LogP contribution in [0.2, 0.25) is 0 Å². The van der Waals surface area contributed by atoms with Crippen molar-refractivity contribution < 1.29 is 19.7 Å². The SMILES string of the molecule is COc1ccc(N=Nc2ccc(OCCCCCCCCN(CCO)CCO)cc2)cc1. The molecular weight excluding hydrogens is 406 g/mol. The third-order valence-corrected chi connectivity index (χ3v) is 5.16. The Morgan fingerprint density at radius 1 is 0.656 bits per heavy atom. The summed E-state index contributed by atoms with van der Waals surface area (Å²) < 4.78 is 11.0. The van der Waals surface area contributed by atoms with Gasteiger partial charge in [0.15, 0.2) is 0 Å². The summed E-state index contributed by atoms with van der Waals surface area (Å²) in [5.41, 5.74) is 1.56. The fourth-order valence-electron chi connectivity index (χ4n) is 3.33. The summed E-state index contributed by atoms with van der Waals surface area (Å²) in [4.78, 5) is 2.11. The summed E-state index contributed by atoms with van der Waals surface area (Å²) in [7, 11) is 1.64. The number of ether oxygens (including phenoxy) is 2. The lowest BCUT2D eigenvalue weighted by atomic mass is 10.1. The van der Waals surface area contributed by atoms with E-state index in [2.05, 4.69) is 15.1 Å². The maximum Gasteiger partial charge on any atom is 0.119 e.